The highest BCUT2D eigenvalue weighted by Gasteiger charge is 2.43. The summed E-state index contributed by atoms with van der Waals surface area (Å²) >= 11 is 0. The summed E-state index contributed by atoms with van der Waals surface area (Å²) in [6.45, 7) is 8.32. The molecule has 0 aromatic heterocycles. The standard InChI is InChI=1S/C16H30N2O2/c1-2-17-12-15-5-3-4-8-18(15)14-6-9-20-16(11-14)7-10-19-13-16/h14-15,17H,2-13H2,1H3. The summed E-state index contributed by atoms with van der Waals surface area (Å²) in [5, 5.41) is 3.55. The third-order valence-corrected chi connectivity index (χ3v) is 5.31. The van der Waals surface area contributed by atoms with E-state index in [1.54, 1.807) is 0 Å². The van der Waals surface area contributed by atoms with Crippen LogP contribution in [-0.4, -0.2) is 62.0 Å². The maximum atomic E-state index is 6.10. The molecule has 116 valence electrons. The van der Waals surface area contributed by atoms with E-state index in [-0.39, 0.29) is 5.60 Å². The summed E-state index contributed by atoms with van der Waals surface area (Å²) in [6, 6.07) is 1.43. The number of likely N-dealkylation sites (tertiary alicyclic amines) is 1. The normalized spacial score (nSPS) is 39.5. The van der Waals surface area contributed by atoms with Gasteiger partial charge in [-0.3, -0.25) is 4.90 Å². The number of nitrogens with one attached hydrogen (secondary N) is 1. The number of likely N-dealkylation sites (N-methyl/N-ethyl adjacent to an activating group) is 1. The molecule has 0 aliphatic carbocycles. The first-order valence-corrected chi connectivity index (χ1v) is 8.51. The number of ether oxygens (including phenoxy) is 2. The molecule has 0 saturated carbocycles. The fourth-order valence-corrected chi connectivity index (χ4v) is 4.18. The van der Waals surface area contributed by atoms with Crippen LogP contribution in [0, 0.1) is 0 Å². The first kappa shape index (κ1) is 14.8. The number of rotatable bonds is 4. The highest BCUT2D eigenvalue weighted by atomic mass is 16.6. The molecule has 0 amide bonds. The molecule has 4 nitrogen and oxygen atoms in total. The van der Waals surface area contributed by atoms with Crippen molar-refractivity contribution in [3.63, 3.8) is 0 Å². The van der Waals surface area contributed by atoms with Gasteiger partial charge in [-0.15, -0.1) is 0 Å². The fraction of sp³-hybridized carbons (Fsp3) is 1.00. The second-order valence-electron chi connectivity index (χ2n) is 6.68. The predicted molar refractivity (Wildman–Crippen MR) is 80.0 cm³/mol. The lowest BCUT2D eigenvalue weighted by Crippen LogP contribution is -2.55. The topological polar surface area (TPSA) is 33.7 Å². The highest BCUT2D eigenvalue weighted by molar-refractivity contribution is 4.96. The van der Waals surface area contributed by atoms with Gasteiger partial charge in [0.05, 0.1) is 12.2 Å². The van der Waals surface area contributed by atoms with Gasteiger partial charge in [0.25, 0.3) is 0 Å². The van der Waals surface area contributed by atoms with Crippen molar-refractivity contribution in [2.24, 2.45) is 0 Å². The molecule has 0 aromatic carbocycles. The molecule has 3 aliphatic heterocycles. The molecular weight excluding hydrogens is 252 g/mol. The van der Waals surface area contributed by atoms with Crippen LogP contribution in [0.3, 0.4) is 0 Å². The van der Waals surface area contributed by atoms with Gasteiger partial charge in [-0.25, -0.2) is 0 Å². The molecule has 20 heavy (non-hydrogen) atoms. The Balaban J connectivity index is 1.63. The second kappa shape index (κ2) is 6.73. The Morgan fingerprint density at radius 2 is 2.20 bits per heavy atom. The number of hydrogen-bond acceptors (Lipinski definition) is 4. The van der Waals surface area contributed by atoms with Crippen molar-refractivity contribution >= 4 is 0 Å². The van der Waals surface area contributed by atoms with Crippen molar-refractivity contribution in [1.29, 1.82) is 0 Å². The SMILES string of the molecule is CCNCC1CCCCN1C1CCOC2(CCOC2)C1. The van der Waals surface area contributed by atoms with E-state index in [1.807, 2.05) is 0 Å². The smallest absolute Gasteiger partial charge is 0.0951 e. The van der Waals surface area contributed by atoms with Crippen LogP contribution in [-0.2, 0) is 9.47 Å². The van der Waals surface area contributed by atoms with Crippen molar-refractivity contribution in [1.82, 2.24) is 10.2 Å². The zero-order valence-corrected chi connectivity index (χ0v) is 12.9. The molecule has 3 rings (SSSR count). The summed E-state index contributed by atoms with van der Waals surface area (Å²) in [6.07, 6.45) is 7.58. The largest absolute Gasteiger partial charge is 0.378 e. The van der Waals surface area contributed by atoms with Crippen molar-refractivity contribution < 1.29 is 9.47 Å². The van der Waals surface area contributed by atoms with Gasteiger partial charge in [-0.05, 0) is 38.8 Å². The van der Waals surface area contributed by atoms with E-state index in [4.69, 9.17) is 9.47 Å². The van der Waals surface area contributed by atoms with E-state index in [0.717, 1.165) is 45.4 Å². The monoisotopic (exact) mass is 282 g/mol. The fourth-order valence-electron chi connectivity index (χ4n) is 4.18. The Hall–Kier alpha value is -0.160. The minimum atomic E-state index is 0.0447. The summed E-state index contributed by atoms with van der Waals surface area (Å²) in [7, 11) is 0. The van der Waals surface area contributed by atoms with Crippen LogP contribution in [0.2, 0.25) is 0 Å². The van der Waals surface area contributed by atoms with Crippen molar-refractivity contribution in [2.75, 3.05) is 39.5 Å². The average molecular weight is 282 g/mol. The molecule has 3 unspecified atom stereocenters. The van der Waals surface area contributed by atoms with E-state index in [2.05, 4.69) is 17.1 Å². The van der Waals surface area contributed by atoms with Gasteiger partial charge in [-0.1, -0.05) is 13.3 Å². The maximum Gasteiger partial charge on any atom is 0.0951 e. The van der Waals surface area contributed by atoms with Gasteiger partial charge in [0, 0.05) is 38.3 Å². The van der Waals surface area contributed by atoms with Crippen LogP contribution in [0.4, 0.5) is 0 Å². The first-order valence-electron chi connectivity index (χ1n) is 8.51. The van der Waals surface area contributed by atoms with Crippen molar-refractivity contribution in [3.8, 4) is 0 Å². The Kier molecular flexibility index (Phi) is 4.97. The predicted octanol–water partition coefficient (Wildman–Crippen LogP) is 1.79. The van der Waals surface area contributed by atoms with E-state index in [9.17, 15) is 0 Å². The highest BCUT2D eigenvalue weighted by Crippen LogP contribution is 2.36. The Morgan fingerprint density at radius 3 is 3.00 bits per heavy atom. The van der Waals surface area contributed by atoms with Gasteiger partial charge < -0.3 is 14.8 Å². The van der Waals surface area contributed by atoms with E-state index in [1.165, 1.54) is 38.6 Å². The molecule has 4 heteroatoms. The quantitative estimate of drug-likeness (QED) is 0.852. The van der Waals surface area contributed by atoms with Crippen LogP contribution in [0.5, 0.6) is 0 Å². The Labute approximate surface area is 123 Å². The number of nitrogens with zero attached hydrogens (tertiary/aromatic N) is 1. The minimum Gasteiger partial charge on any atom is -0.378 e. The molecule has 3 atom stereocenters. The van der Waals surface area contributed by atoms with Crippen molar-refractivity contribution in [2.45, 2.75) is 63.1 Å². The number of hydrogen-bond donors (Lipinski definition) is 1. The Bertz CT molecular complexity index is 305. The molecule has 1 spiro atoms. The van der Waals surface area contributed by atoms with Crippen LogP contribution in [0.15, 0.2) is 0 Å². The van der Waals surface area contributed by atoms with Gasteiger partial charge in [0.2, 0.25) is 0 Å². The molecule has 3 aliphatic rings. The molecule has 0 radical (unpaired) electrons. The molecule has 3 heterocycles. The average Bonchev–Trinajstić information content (AvgIpc) is 2.93. The summed E-state index contributed by atoms with van der Waals surface area (Å²) in [5.41, 5.74) is 0.0447. The van der Waals surface area contributed by atoms with Crippen LogP contribution >= 0.6 is 0 Å². The molecule has 0 bridgehead atoms. The van der Waals surface area contributed by atoms with Gasteiger partial charge >= 0.3 is 0 Å². The minimum absolute atomic E-state index is 0.0447. The molecule has 1 N–H and O–H groups in total. The molecular formula is C16H30N2O2. The van der Waals surface area contributed by atoms with Crippen molar-refractivity contribution in [3.05, 3.63) is 0 Å². The van der Waals surface area contributed by atoms with E-state index >= 15 is 0 Å². The summed E-state index contributed by atoms with van der Waals surface area (Å²) in [5.74, 6) is 0. The van der Waals surface area contributed by atoms with Gasteiger partial charge in [0.1, 0.15) is 0 Å². The molecule has 3 fully saturated rings. The zero-order chi connectivity index (χ0) is 13.8. The second-order valence-corrected chi connectivity index (χ2v) is 6.68. The lowest BCUT2D eigenvalue weighted by atomic mass is 9.86. The van der Waals surface area contributed by atoms with E-state index in [0.29, 0.717) is 6.04 Å². The van der Waals surface area contributed by atoms with E-state index < -0.39 is 0 Å². The summed E-state index contributed by atoms with van der Waals surface area (Å²) < 4.78 is 11.7. The lowest BCUT2D eigenvalue weighted by molar-refractivity contribution is -0.113. The van der Waals surface area contributed by atoms with Gasteiger partial charge in [0.15, 0.2) is 0 Å². The first-order chi connectivity index (χ1) is 9.83. The van der Waals surface area contributed by atoms with Crippen LogP contribution < -0.4 is 5.32 Å². The van der Waals surface area contributed by atoms with Crippen LogP contribution in [0.1, 0.15) is 45.4 Å². The molecule has 0 aromatic rings. The molecule has 3 saturated heterocycles. The van der Waals surface area contributed by atoms with Crippen LogP contribution in [0.25, 0.3) is 0 Å². The Morgan fingerprint density at radius 1 is 1.25 bits per heavy atom. The number of piperidine rings is 1. The lowest BCUT2D eigenvalue weighted by Gasteiger charge is -2.47. The third-order valence-electron chi connectivity index (χ3n) is 5.31. The summed E-state index contributed by atoms with van der Waals surface area (Å²) in [4.78, 5) is 2.79. The zero-order valence-electron chi connectivity index (χ0n) is 12.9. The third kappa shape index (κ3) is 3.19. The van der Waals surface area contributed by atoms with Gasteiger partial charge in [-0.2, -0.15) is 0 Å². The maximum absolute atomic E-state index is 6.10.